The molecule has 4 rings (SSSR count). The van der Waals surface area contributed by atoms with Crippen LogP contribution in [0, 0.1) is 17.0 Å². The molecule has 0 saturated carbocycles. The second-order valence-electron chi connectivity index (χ2n) is 7.72. The summed E-state index contributed by atoms with van der Waals surface area (Å²) in [5, 5.41) is 23.4. The molecule has 2 amide bonds. The summed E-state index contributed by atoms with van der Waals surface area (Å²) in [7, 11) is 2.70. The number of carbonyl (C=O) groups is 2. The van der Waals surface area contributed by atoms with Crippen LogP contribution in [0.25, 0.3) is 0 Å². The highest BCUT2D eigenvalue weighted by Gasteiger charge is 2.34. The molecule has 1 saturated heterocycles. The number of halogens is 1. The number of anilines is 2. The van der Waals surface area contributed by atoms with E-state index in [9.17, 15) is 19.7 Å². The summed E-state index contributed by atoms with van der Waals surface area (Å²) in [6, 6.07) is 7.79. The lowest BCUT2D eigenvalue weighted by molar-refractivity contribution is -0.385. The number of hydrogen-bond acceptors (Lipinski definition) is 9. The number of nitrogens with zero attached hydrogens (tertiary/aromatic N) is 4. The van der Waals surface area contributed by atoms with E-state index in [2.05, 4.69) is 15.5 Å². The fourth-order valence-electron chi connectivity index (χ4n) is 3.69. The second-order valence-corrected chi connectivity index (χ2v) is 9.14. The molecule has 2 aromatic carbocycles. The van der Waals surface area contributed by atoms with Crippen LogP contribution in [0.4, 0.5) is 16.5 Å². The first-order valence-corrected chi connectivity index (χ1v) is 11.5. The van der Waals surface area contributed by atoms with Gasteiger partial charge in [-0.3, -0.25) is 25.0 Å². The van der Waals surface area contributed by atoms with E-state index in [1.54, 1.807) is 11.0 Å². The third kappa shape index (κ3) is 4.88. The number of methoxy groups -OCH3 is 2. The number of nitro groups is 1. The fourth-order valence-corrected chi connectivity index (χ4v) is 4.69. The normalized spacial score (nSPS) is 15.3. The molecular formula is C22H20ClN5O6S. The summed E-state index contributed by atoms with van der Waals surface area (Å²) in [4.78, 5) is 37.9. The molecule has 0 bridgehead atoms. The monoisotopic (exact) mass is 517 g/mol. The second kappa shape index (κ2) is 9.84. The Labute approximate surface area is 208 Å². The van der Waals surface area contributed by atoms with Gasteiger partial charge in [0.25, 0.3) is 11.6 Å². The number of amides is 2. The molecule has 2 heterocycles. The van der Waals surface area contributed by atoms with Crippen molar-refractivity contribution >= 4 is 51.3 Å². The molecule has 1 fully saturated rings. The van der Waals surface area contributed by atoms with Gasteiger partial charge in [-0.15, -0.1) is 10.2 Å². The minimum absolute atomic E-state index is 0.0725. The number of ether oxygens (including phenoxy) is 2. The van der Waals surface area contributed by atoms with Crippen LogP contribution in [0.15, 0.2) is 30.3 Å². The summed E-state index contributed by atoms with van der Waals surface area (Å²) < 4.78 is 10.2. The molecule has 182 valence electrons. The first-order valence-electron chi connectivity index (χ1n) is 10.3. The van der Waals surface area contributed by atoms with E-state index in [1.807, 2.05) is 19.1 Å². The fraction of sp³-hybridized carbons (Fsp3) is 0.273. The molecule has 1 unspecified atom stereocenters. The Morgan fingerprint density at radius 3 is 2.60 bits per heavy atom. The molecular weight excluding hydrogens is 498 g/mol. The average molecular weight is 518 g/mol. The Bertz CT molecular complexity index is 1330. The number of nitrogens with one attached hydrogen (secondary N) is 1. The Balaban J connectivity index is 1.52. The third-order valence-corrected chi connectivity index (χ3v) is 6.95. The van der Waals surface area contributed by atoms with Gasteiger partial charge in [0.2, 0.25) is 11.0 Å². The summed E-state index contributed by atoms with van der Waals surface area (Å²) in [5.41, 5.74) is 0.950. The van der Waals surface area contributed by atoms with Crippen molar-refractivity contribution in [2.75, 3.05) is 31.0 Å². The van der Waals surface area contributed by atoms with Crippen LogP contribution in [0.5, 0.6) is 11.5 Å². The van der Waals surface area contributed by atoms with Gasteiger partial charge in [0.05, 0.1) is 25.2 Å². The first-order chi connectivity index (χ1) is 16.7. The van der Waals surface area contributed by atoms with E-state index in [1.165, 1.54) is 20.3 Å². The molecule has 11 nitrogen and oxygen atoms in total. The molecule has 1 atom stereocenters. The summed E-state index contributed by atoms with van der Waals surface area (Å²) in [5.74, 6) is -0.752. The minimum Gasteiger partial charge on any atom is -0.493 e. The molecule has 1 aliphatic rings. The third-order valence-electron chi connectivity index (χ3n) is 5.55. The molecule has 1 aliphatic heterocycles. The van der Waals surface area contributed by atoms with Crippen molar-refractivity contribution in [3.05, 3.63) is 61.6 Å². The van der Waals surface area contributed by atoms with Crippen LogP contribution in [0.3, 0.4) is 0 Å². The predicted octanol–water partition coefficient (Wildman–Crippen LogP) is 4.20. The zero-order chi connectivity index (χ0) is 25.3. The van der Waals surface area contributed by atoms with Crippen molar-refractivity contribution in [1.82, 2.24) is 10.2 Å². The Morgan fingerprint density at radius 1 is 1.23 bits per heavy atom. The molecule has 1 aromatic heterocycles. The van der Waals surface area contributed by atoms with Gasteiger partial charge in [-0.2, -0.15) is 0 Å². The summed E-state index contributed by atoms with van der Waals surface area (Å²) in [6.07, 6.45) is 0.231. The number of rotatable bonds is 7. The Morgan fingerprint density at radius 2 is 1.94 bits per heavy atom. The quantitative estimate of drug-likeness (QED) is 0.363. The summed E-state index contributed by atoms with van der Waals surface area (Å²) in [6.45, 7) is 2.27. The van der Waals surface area contributed by atoms with Crippen molar-refractivity contribution in [2.24, 2.45) is 0 Å². The lowest BCUT2D eigenvalue weighted by Gasteiger charge is -2.17. The predicted molar refractivity (Wildman–Crippen MR) is 130 cm³/mol. The molecule has 13 heteroatoms. The lowest BCUT2D eigenvalue weighted by atomic mass is 10.1. The zero-order valence-corrected chi connectivity index (χ0v) is 20.5. The van der Waals surface area contributed by atoms with E-state index in [0.717, 1.165) is 23.0 Å². The Hall–Kier alpha value is -3.77. The number of hydrogen-bond donors (Lipinski definition) is 1. The van der Waals surface area contributed by atoms with Crippen LogP contribution in [0.1, 0.15) is 33.3 Å². The molecule has 0 spiro atoms. The van der Waals surface area contributed by atoms with Gasteiger partial charge >= 0.3 is 0 Å². The largest absolute Gasteiger partial charge is 0.493 e. The number of aromatic nitrogens is 2. The van der Waals surface area contributed by atoms with Crippen LogP contribution in [0.2, 0.25) is 5.02 Å². The Kier molecular flexibility index (Phi) is 6.85. The molecule has 3 aromatic rings. The van der Waals surface area contributed by atoms with Crippen molar-refractivity contribution < 1.29 is 24.0 Å². The van der Waals surface area contributed by atoms with Crippen LogP contribution >= 0.6 is 22.9 Å². The minimum atomic E-state index is -0.751. The summed E-state index contributed by atoms with van der Waals surface area (Å²) >= 11 is 7.31. The van der Waals surface area contributed by atoms with E-state index >= 15 is 0 Å². The number of nitro benzene ring substituents is 1. The van der Waals surface area contributed by atoms with Crippen LogP contribution in [-0.4, -0.2) is 47.7 Å². The van der Waals surface area contributed by atoms with Gasteiger partial charge < -0.3 is 14.4 Å². The number of aryl methyl sites for hydroxylation is 1. The van der Waals surface area contributed by atoms with Crippen molar-refractivity contribution in [3.8, 4) is 11.5 Å². The molecule has 0 aliphatic carbocycles. The topological polar surface area (TPSA) is 137 Å². The van der Waals surface area contributed by atoms with Gasteiger partial charge in [-0.1, -0.05) is 29.0 Å². The lowest BCUT2D eigenvalue weighted by Crippen LogP contribution is -2.24. The van der Waals surface area contributed by atoms with E-state index in [4.69, 9.17) is 21.1 Å². The average Bonchev–Trinajstić information content (AvgIpc) is 3.46. The van der Waals surface area contributed by atoms with E-state index in [-0.39, 0.29) is 40.4 Å². The van der Waals surface area contributed by atoms with E-state index in [0.29, 0.717) is 22.3 Å². The maximum Gasteiger partial charge on any atom is 0.286 e. The van der Waals surface area contributed by atoms with Gasteiger partial charge in [0, 0.05) is 35.7 Å². The maximum atomic E-state index is 12.8. The number of benzene rings is 2. The number of carbonyl (C=O) groups excluding carboxylic acids is 2. The van der Waals surface area contributed by atoms with E-state index < -0.39 is 16.5 Å². The SMILES string of the molecule is COc1cc(C(=O)Nc2nnc(C3CC(=O)N(c4ccc(C)c(Cl)c4)C3)s2)c([N+](=O)[O-])cc1OC. The first kappa shape index (κ1) is 24.4. The van der Waals surface area contributed by atoms with Crippen molar-refractivity contribution in [2.45, 2.75) is 19.3 Å². The van der Waals surface area contributed by atoms with Gasteiger partial charge in [-0.05, 0) is 24.6 Å². The standard InChI is InChI=1S/C22H20ClN5O6S/c1-11-4-5-13(7-15(11)23)27-10-12(6-19(27)29)21-25-26-22(35-21)24-20(30)14-8-17(33-2)18(34-3)9-16(14)28(31)32/h4-5,7-9,12H,6,10H2,1-3H3,(H,24,26,30). The van der Waals surface area contributed by atoms with Crippen molar-refractivity contribution in [3.63, 3.8) is 0 Å². The zero-order valence-electron chi connectivity index (χ0n) is 18.9. The highest BCUT2D eigenvalue weighted by Crippen LogP contribution is 2.37. The van der Waals surface area contributed by atoms with Crippen LogP contribution < -0.4 is 19.7 Å². The van der Waals surface area contributed by atoms with Crippen LogP contribution in [-0.2, 0) is 4.79 Å². The molecule has 0 radical (unpaired) electrons. The highest BCUT2D eigenvalue weighted by atomic mass is 35.5. The highest BCUT2D eigenvalue weighted by molar-refractivity contribution is 7.15. The maximum absolute atomic E-state index is 12.8. The van der Waals surface area contributed by atoms with Gasteiger partial charge in [-0.25, -0.2) is 0 Å². The molecule has 1 N–H and O–H groups in total. The van der Waals surface area contributed by atoms with Gasteiger partial charge in [0.15, 0.2) is 11.5 Å². The van der Waals surface area contributed by atoms with Gasteiger partial charge in [0.1, 0.15) is 10.6 Å². The molecule has 35 heavy (non-hydrogen) atoms. The smallest absolute Gasteiger partial charge is 0.286 e. The van der Waals surface area contributed by atoms with Crippen molar-refractivity contribution in [1.29, 1.82) is 0 Å².